The molecular weight excluding hydrogens is 389 g/mol. The third kappa shape index (κ3) is 3.66. The average Bonchev–Trinajstić information content (AvgIpc) is 3.11. The molecule has 2 amide bonds. The number of hydrogen-bond donors (Lipinski definition) is 2. The molecule has 11 heteroatoms. The van der Waals surface area contributed by atoms with Gasteiger partial charge in [0.25, 0.3) is 0 Å². The molecular formula is C18H13F3N6O2. The first-order chi connectivity index (χ1) is 13.8. The first-order valence-electron chi connectivity index (χ1n) is 8.47. The molecule has 8 nitrogen and oxygen atoms in total. The molecule has 3 aromatic rings. The number of carbonyl (C=O) groups excluding carboxylic acids is 2. The minimum Gasteiger partial charge on any atom is -0.324 e. The summed E-state index contributed by atoms with van der Waals surface area (Å²) in [4.78, 5) is 32.9. The van der Waals surface area contributed by atoms with E-state index in [0.29, 0.717) is 5.56 Å². The monoisotopic (exact) mass is 402 g/mol. The van der Waals surface area contributed by atoms with Crippen LogP contribution >= 0.6 is 0 Å². The molecule has 2 aromatic heterocycles. The van der Waals surface area contributed by atoms with Gasteiger partial charge in [-0.1, -0.05) is 12.1 Å². The summed E-state index contributed by atoms with van der Waals surface area (Å²) in [5.74, 6) is -1.04. The molecule has 0 unspecified atom stereocenters. The fourth-order valence-electron chi connectivity index (χ4n) is 2.94. The summed E-state index contributed by atoms with van der Waals surface area (Å²) < 4.78 is 40.7. The smallest absolute Gasteiger partial charge is 0.324 e. The lowest BCUT2D eigenvalue weighted by Gasteiger charge is -2.23. The number of benzene rings is 1. The van der Waals surface area contributed by atoms with Gasteiger partial charge in [0.05, 0.1) is 17.7 Å². The Morgan fingerprint density at radius 2 is 2.00 bits per heavy atom. The van der Waals surface area contributed by atoms with Crippen molar-refractivity contribution in [2.45, 2.75) is 18.6 Å². The fraction of sp³-hybridized carbons (Fsp3) is 0.167. The van der Waals surface area contributed by atoms with Crippen LogP contribution in [-0.2, 0) is 15.8 Å². The van der Waals surface area contributed by atoms with Crippen LogP contribution in [0.4, 0.5) is 24.8 Å². The molecule has 0 aliphatic carbocycles. The van der Waals surface area contributed by atoms with E-state index in [1.807, 2.05) is 0 Å². The summed E-state index contributed by atoms with van der Waals surface area (Å²) in [7, 11) is 0. The third-order valence-corrected chi connectivity index (χ3v) is 4.27. The van der Waals surface area contributed by atoms with Gasteiger partial charge in [0, 0.05) is 18.0 Å². The number of nitrogens with one attached hydrogen (secondary N) is 2. The molecule has 1 aliphatic rings. The van der Waals surface area contributed by atoms with Gasteiger partial charge in [-0.3, -0.25) is 19.9 Å². The molecule has 0 bridgehead atoms. The Kier molecular flexibility index (Phi) is 4.49. The van der Waals surface area contributed by atoms with Crippen LogP contribution in [0.5, 0.6) is 0 Å². The van der Waals surface area contributed by atoms with E-state index < -0.39 is 35.3 Å². The average molecular weight is 402 g/mol. The SMILES string of the molecule is O=C1C[C@@H](C(=O)Nc2ccccc2C(F)(F)F)n2nc(-c3cccnc3)nc2N1. The number of amides is 2. The van der Waals surface area contributed by atoms with Crippen molar-refractivity contribution >= 4 is 23.5 Å². The lowest BCUT2D eigenvalue weighted by Crippen LogP contribution is -2.36. The number of nitrogens with zero attached hydrogens (tertiary/aromatic N) is 4. The number of hydrogen-bond acceptors (Lipinski definition) is 5. The highest BCUT2D eigenvalue weighted by Crippen LogP contribution is 2.35. The molecule has 0 radical (unpaired) electrons. The summed E-state index contributed by atoms with van der Waals surface area (Å²) in [6.07, 6.45) is -1.85. The fourth-order valence-corrected chi connectivity index (χ4v) is 2.94. The minimum absolute atomic E-state index is 0.0318. The van der Waals surface area contributed by atoms with Crippen LogP contribution in [0.15, 0.2) is 48.8 Å². The lowest BCUT2D eigenvalue weighted by atomic mass is 10.1. The topological polar surface area (TPSA) is 102 Å². The molecule has 1 aliphatic heterocycles. The van der Waals surface area contributed by atoms with Gasteiger partial charge >= 0.3 is 6.18 Å². The van der Waals surface area contributed by atoms with Crippen molar-refractivity contribution < 1.29 is 22.8 Å². The van der Waals surface area contributed by atoms with Crippen LogP contribution in [0.1, 0.15) is 18.0 Å². The van der Waals surface area contributed by atoms with Crippen molar-refractivity contribution in [3.8, 4) is 11.4 Å². The summed E-state index contributed by atoms with van der Waals surface area (Å²) >= 11 is 0. The second-order valence-corrected chi connectivity index (χ2v) is 6.25. The van der Waals surface area contributed by atoms with E-state index in [1.54, 1.807) is 18.3 Å². The van der Waals surface area contributed by atoms with E-state index in [2.05, 4.69) is 25.7 Å². The predicted molar refractivity (Wildman–Crippen MR) is 95.6 cm³/mol. The molecule has 0 saturated heterocycles. The highest BCUT2D eigenvalue weighted by atomic mass is 19.4. The molecule has 3 heterocycles. The van der Waals surface area contributed by atoms with Crippen molar-refractivity contribution in [1.82, 2.24) is 19.7 Å². The third-order valence-electron chi connectivity index (χ3n) is 4.27. The molecule has 29 heavy (non-hydrogen) atoms. The number of anilines is 2. The maximum atomic E-state index is 13.2. The zero-order chi connectivity index (χ0) is 20.6. The summed E-state index contributed by atoms with van der Waals surface area (Å²) in [5, 5.41) is 9.00. The van der Waals surface area contributed by atoms with E-state index in [1.165, 1.54) is 23.0 Å². The first kappa shape index (κ1) is 18.6. The Balaban J connectivity index is 1.66. The van der Waals surface area contributed by atoms with Gasteiger partial charge in [-0.05, 0) is 24.3 Å². The molecule has 2 N–H and O–H groups in total. The van der Waals surface area contributed by atoms with Crippen LogP contribution in [-0.4, -0.2) is 31.6 Å². The first-order valence-corrected chi connectivity index (χ1v) is 8.47. The maximum absolute atomic E-state index is 13.2. The van der Waals surface area contributed by atoms with Crippen molar-refractivity contribution in [3.05, 3.63) is 54.4 Å². The number of halogens is 3. The molecule has 148 valence electrons. The summed E-state index contributed by atoms with van der Waals surface area (Å²) in [5.41, 5.74) is -0.821. The quantitative estimate of drug-likeness (QED) is 0.702. The Morgan fingerprint density at radius 3 is 2.72 bits per heavy atom. The van der Waals surface area contributed by atoms with E-state index in [-0.39, 0.29) is 18.2 Å². The van der Waals surface area contributed by atoms with E-state index in [4.69, 9.17) is 0 Å². The van der Waals surface area contributed by atoms with Crippen LogP contribution in [0.3, 0.4) is 0 Å². The number of aromatic nitrogens is 4. The van der Waals surface area contributed by atoms with E-state index in [0.717, 1.165) is 12.1 Å². The van der Waals surface area contributed by atoms with E-state index in [9.17, 15) is 22.8 Å². The van der Waals surface area contributed by atoms with Crippen molar-refractivity contribution in [2.75, 3.05) is 10.6 Å². The molecule has 4 rings (SSSR count). The second kappa shape index (κ2) is 7.00. The van der Waals surface area contributed by atoms with Gasteiger partial charge < -0.3 is 5.32 Å². The predicted octanol–water partition coefficient (Wildman–Crippen LogP) is 2.88. The molecule has 0 fully saturated rings. The molecule has 1 aromatic carbocycles. The Labute approximate surface area is 161 Å². The van der Waals surface area contributed by atoms with Gasteiger partial charge in [-0.25, -0.2) is 4.68 Å². The number of carbonyl (C=O) groups is 2. The summed E-state index contributed by atoms with van der Waals surface area (Å²) in [6, 6.07) is 6.83. The van der Waals surface area contributed by atoms with Gasteiger partial charge in [0.2, 0.25) is 17.8 Å². The number of rotatable bonds is 3. The van der Waals surface area contributed by atoms with Crippen LogP contribution in [0.25, 0.3) is 11.4 Å². The molecule has 0 saturated carbocycles. The Bertz CT molecular complexity index is 1080. The van der Waals surface area contributed by atoms with E-state index >= 15 is 0 Å². The molecule has 1 atom stereocenters. The Morgan fingerprint density at radius 1 is 1.21 bits per heavy atom. The second-order valence-electron chi connectivity index (χ2n) is 6.25. The van der Waals surface area contributed by atoms with Crippen LogP contribution in [0.2, 0.25) is 0 Å². The zero-order valence-electron chi connectivity index (χ0n) is 14.6. The van der Waals surface area contributed by atoms with Crippen molar-refractivity contribution in [1.29, 1.82) is 0 Å². The van der Waals surface area contributed by atoms with Crippen molar-refractivity contribution in [2.24, 2.45) is 0 Å². The van der Waals surface area contributed by atoms with Gasteiger partial charge in [-0.15, -0.1) is 5.10 Å². The number of fused-ring (bicyclic) bond motifs is 1. The largest absolute Gasteiger partial charge is 0.418 e. The summed E-state index contributed by atoms with van der Waals surface area (Å²) in [6.45, 7) is 0. The standard InChI is InChI=1S/C18H13F3N6O2/c19-18(20,21)11-5-1-2-6-12(11)23-16(29)13-8-14(28)24-17-25-15(26-27(13)17)10-4-3-7-22-9-10/h1-7,9,13H,8H2,(H,23,29)(H,24,25,26,28)/t13-/m0/s1. The number of alkyl halides is 3. The van der Waals surface area contributed by atoms with Crippen LogP contribution in [0, 0.1) is 0 Å². The number of pyridine rings is 1. The molecule has 0 spiro atoms. The minimum atomic E-state index is -4.64. The Hall–Kier alpha value is -3.76. The highest BCUT2D eigenvalue weighted by molar-refractivity contribution is 6.01. The maximum Gasteiger partial charge on any atom is 0.418 e. The van der Waals surface area contributed by atoms with Gasteiger partial charge in [0.15, 0.2) is 5.82 Å². The zero-order valence-corrected chi connectivity index (χ0v) is 14.6. The van der Waals surface area contributed by atoms with Crippen LogP contribution < -0.4 is 10.6 Å². The van der Waals surface area contributed by atoms with Gasteiger partial charge in [-0.2, -0.15) is 18.2 Å². The van der Waals surface area contributed by atoms with Crippen molar-refractivity contribution in [3.63, 3.8) is 0 Å². The highest BCUT2D eigenvalue weighted by Gasteiger charge is 2.36. The van der Waals surface area contributed by atoms with Gasteiger partial charge in [0.1, 0.15) is 6.04 Å². The normalized spacial score (nSPS) is 16.1. The number of para-hydroxylation sites is 1. The lowest BCUT2D eigenvalue weighted by molar-refractivity contribution is -0.137.